The summed E-state index contributed by atoms with van der Waals surface area (Å²) in [4.78, 5) is 24.6. The van der Waals surface area contributed by atoms with Crippen molar-refractivity contribution >= 4 is 17.5 Å². The molecule has 0 unspecified atom stereocenters. The highest BCUT2D eigenvalue weighted by atomic mass is 19.1. The highest BCUT2D eigenvalue weighted by molar-refractivity contribution is 6.01. The predicted molar refractivity (Wildman–Crippen MR) is 92.8 cm³/mol. The Kier molecular flexibility index (Phi) is 3.79. The number of fused-ring (bicyclic) bond motifs is 1. The Labute approximate surface area is 145 Å². The monoisotopic (exact) mass is 338 g/mol. The van der Waals surface area contributed by atoms with E-state index in [1.165, 1.54) is 17.7 Å². The van der Waals surface area contributed by atoms with Gasteiger partial charge in [-0.3, -0.25) is 9.59 Å². The van der Waals surface area contributed by atoms with Gasteiger partial charge in [0.05, 0.1) is 5.92 Å². The molecule has 5 heteroatoms. The number of carbonyl (C=O) groups is 2. The van der Waals surface area contributed by atoms with Gasteiger partial charge >= 0.3 is 0 Å². The van der Waals surface area contributed by atoms with Crippen LogP contribution in [0.15, 0.2) is 48.5 Å². The van der Waals surface area contributed by atoms with E-state index in [4.69, 9.17) is 0 Å². The molecule has 128 valence electrons. The van der Waals surface area contributed by atoms with Crippen molar-refractivity contribution < 1.29 is 14.0 Å². The Hall–Kier alpha value is -2.69. The maximum Gasteiger partial charge on any atom is 0.228 e. The second-order valence-electron chi connectivity index (χ2n) is 6.90. The number of rotatable bonds is 4. The van der Waals surface area contributed by atoms with Gasteiger partial charge in [-0.25, -0.2) is 4.39 Å². The van der Waals surface area contributed by atoms with Crippen molar-refractivity contribution in [2.45, 2.75) is 30.6 Å². The van der Waals surface area contributed by atoms with E-state index in [0.717, 1.165) is 12.8 Å². The Bertz CT molecular complexity index is 831. The van der Waals surface area contributed by atoms with Crippen LogP contribution >= 0.6 is 0 Å². The summed E-state index contributed by atoms with van der Waals surface area (Å²) in [6.45, 7) is 0.560. The van der Waals surface area contributed by atoms with Crippen LogP contribution in [-0.2, 0) is 15.0 Å². The molecule has 1 fully saturated rings. The molecule has 2 amide bonds. The van der Waals surface area contributed by atoms with E-state index < -0.39 is 11.7 Å². The van der Waals surface area contributed by atoms with E-state index in [1.807, 2.05) is 18.2 Å². The van der Waals surface area contributed by atoms with Crippen molar-refractivity contribution in [3.05, 3.63) is 65.5 Å². The van der Waals surface area contributed by atoms with Gasteiger partial charge in [0.15, 0.2) is 0 Å². The SMILES string of the molecule is O=C1C[C@@H](C(=O)NCC2(c3ccccc3)CC2)c2ccc(F)cc2N1. The molecule has 0 radical (unpaired) electrons. The molecular weight excluding hydrogens is 319 g/mol. The highest BCUT2D eigenvalue weighted by Crippen LogP contribution is 2.47. The molecule has 2 aliphatic rings. The zero-order chi connectivity index (χ0) is 17.4. The van der Waals surface area contributed by atoms with E-state index in [2.05, 4.69) is 22.8 Å². The molecule has 1 heterocycles. The van der Waals surface area contributed by atoms with E-state index in [0.29, 0.717) is 17.8 Å². The first-order valence-corrected chi connectivity index (χ1v) is 8.50. The summed E-state index contributed by atoms with van der Waals surface area (Å²) in [5.74, 6) is -1.44. The fourth-order valence-electron chi connectivity index (χ4n) is 3.56. The van der Waals surface area contributed by atoms with Gasteiger partial charge < -0.3 is 10.6 Å². The van der Waals surface area contributed by atoms with Crippen LogP contribution in [0.25, 0.3) is 0 Å². The maximum atomic E-state index is 13.4. The maximum absolute atomic E-state index is 13.4. The first-order chi connectivity index (χ1) is 12.1. The van der Waals surface area contributed by atoms with Crippen LogP contribution in [0.1, 0.15) is 36.3 Å². The van der Waals surface area contributed by atoms with Gasteiger partial charge in [-0.15, -0.1) is 0 Å². The van der Waals surface area contributed by atoms with Crippen LogP contribution in [0.3, 0.4) is 0 Å². The fraction of sp³-hybridized carbons (Fsp3) is 0.300. The molecule has 4 rings (SSSR count). The molecular formula is C20H19FN2O2. The largest absolute Gasteiger partial charge is 0.355 e. The Morgan fingerprint density at radius 2 is 1.96 bits per heavy atom. The summed E-state index contributed by atoms with van der Waals surface area (Å²) in [5, 5.41) is 5.65. The number of amides is 2. The molecule has 1 aliphatic heterocycles. The van der Waals surface area contributed by atoms with Crippen LogP contribution in [0.4, 0.5) is 10.1 Å². The third-order valence-corrected chi connectivity index (χ3v) is 5.21. The molecule has 25 heavy (non-hydrogen) atoms. The smallest absolute Gasteiger partial charge is 0.228 e. The van der Waals surface area contributed by atoms with Gasteiger partial charge in [0.1, 0.15) is 5.82 Å². The van der Waals surface area contributed by atoms with Gasteiger partial charge in [0, 0.05) is 24.1 Å². The number of hydrogen-bond acceptors (Lipinski definition) is 2. The molecule has 0 saturated heterocycles. The minimum atomic E-state index is -0.573. The van der Waals surface area contributed by atoms with Crippen molar-refractivity contribution in [2.75, 3.05) is 11.9 Å². The average Bonchev–Trinajstić information content (AvgIpc) is 3.40. The molecule has 0 spiro atoms. The minimum Gasteiger partial charge on any atom is -0.355 e. The minimum absolute atomic E-state index is 0.0134. The van der Waals surface area contributed by atoms with E-state index in [-0.39, 0.29) is 23.7 Å². The van der Waals surface area contributed by atoms with E-state index in [9.17, 15) is 14.0 Å². The lowest BCUT2D eigenvalue weighted by Crippen LogP contribution is -2.38. The first kappa shape index (κ1) is 15.8. The molecule has 1 saturated carbocycles. The highest BCUT2D eigenvalue weighted by Gasteiger charge is 2.44. The van der Waals surface area contributed by atoms with E-state index in [1.54, 1.807) is 6.07 Å². The third-order valence-electron chi connectivity index (χ3n) is 5.21. The van der Waals surface area contributed by atoms with Crippen LogP contribution in [0.2, 0.25) is 0 Å². The molecule has 1 aliphatic carbocycles. The number of carbonyl (C=O) groups excluding carboxylic acids is 2. The van der Waals surface area contributed by atoms with Crippen LogP contribution in [0.5, 0.6) is 0 Å². The lowest BCUT2D eigenvalue weighted by Gasteiger charge is -2.26. The van der Waals surface area contributed by atoms with Gasteiger partial charge in [-0.05, 0) is 36.1 Å². The number of benzene rings is 2. The molecule has 2 N–H and O–H groups in total. The summed E-state index contributed by atoms with van der Waals surface area (Å²) < 4.78 is 13.4. The molecule has 0 aromatic heterocycles. The van der Waals surface area contributed by atoms with Crippen molar-refractivity contribution in [1.82, 2.24) is 5.32 Å². The summed E-state index contributed by atoms with van der Waals surface area (Å²) >= 11 is 0. The van der Waals surface area contributed by atoms with Crippen LogP contribution in [0, 0.1) is 5.82 Å². The molecule has 2 aromatic carbocycles. The summed E-state index contributed by atoms with van der Waals surface area (Å²) in [6.07, 6.45) is 2.18. The molecule has 1 atom stereocenters. The number of nitrogens with one attached hydrogen (secondary N) is 2. The Morgan fingerprint density at radius 1 is 1.20 bits per heavy atom. The second-order valence-corrected chi connectivity index (χ2v) is 6.90. The molecule has 4 nitrogen and oxygen atoms in total. The van der Waals surface area contributed by atoms with Gasteiger partial charge in [0.25, 0.3) is 0 Å². The number of anilines is 1. The van der Waals surface area contributed by atoms with Crippen molar-refractivity contribution in [3.63, 3.8) is 0 Å². The predicted octanol–water partition coefficient (Wildman–Crippen LogP) is 3.10. The molecule has 0 bridgehead atoms. The lowest BCUT2D eigenvalue weighted by atomic mass is 9.89. The van der Waals surface area contributed by atoms with Crippen molar-refractivity contribution in [2.24, 2.45) is 0 Å². The van der Waals surface area contributed by atoms with Gasteiger partial charge in [0.2, 0.25) is 11.8 Å². The average molecular weight is 338 g/mol. The Balaban J connectivity index is 1.50. The fourth-order valence-corrected chi connectivity index (χ4v) is 3.56. The lowest BCUT2D eigenvalue weighted by molar-refractivity contribution is -0.126. The second kappa shape index (κ2) is 5.99. The standard InChI is InChI=1S/C20H19FN2O2/c21-14-6-7-15-16(11-18(24)23-17(15)10-14)19(25)22-12-20(8-9-20)13-4-2-1-3-5-13/h1-7,10,16H,8-9,11-12H2,(H,22,25)(H,23,24)/t16-/m1/s1. The number of hydrogen-bond donors (Lipinski definition) is 2. The molecule has 2 aromatic rings. The first-order valence-electron chi connectivity index (χ1n) is 8.50. The summed E-state index contributed by atoms with van der Waals surface area (Å²) in [5.41, 5.74) is 2.31. The summed E-state index contributed by atoms with van der Waals surface area (Å²) in [6, 6.07) is 14.3. The van der Waals surface area contributed by atoms with Gasteiger partial charge in [-0.2, -0.15) is 0 Å². The normalized spacial score (nSPS) is 20.4. The van der Waals surface area contributed by atoms with E-state index >= 15 is 0 Å². The van der Waals surface area contributed by atoms with Gasteiger partial charge in [-0.1, -0.05) is 36.4 Å². The van der Waals surface area contributed by atoms with Crippen molar-refractivity contribution in [3.8, 4) is 0 Å². The Morgan fingerprint density at radius 3 is 2.68 bits per heavy atom. The number of halogens is 1. The van der Waals surface area contributed by atoms with Crippen LogP contribution in [-0.4, -0.2) is 18.4 Å². The zero-order valence-corrected chi connectivity index (χ0v) is 13.7. The quantitative estimate of drug-likeness (QED) is 0.900. The zero-order valence-electron chi connectivity index (χ0n) is 13.7. The van der Waals surface area contributed by atoms with Crippen LogP contribution < -0.4 is 10.6 Å². The topological polar surface area (TPSA) is 58.2 Å². The van der Waals surface area contributed by atoms with Crippen molar-refractivity contribution in [1.29, 1.82) is 0 Å². The summed E-state index contributed by atoms with van der Waals surface area (Å²) in [7, 11) is 0. The third kappa shape index (κ3) is 3.02.